The number of nitrogens with zero attached hydrogens (tertiary/aromatic N) is 2. The van der Waals surface area contributed by atoms with Gasteiger partial charge in [-0.05, 0) is 43.2 Å². The molecule has 3 atom stereocenters. The van der Waals surface area contributed by atoms with Gasteiger partial charge in [-0.15, -0.1) is 0 Å². The lowest BCUT2D eigenvalue weighted by Crippen LogP contribution is -2.51. The van der Waals surface area contributed by atoms with E-state index in [4.69, 9.17) is 9.47 Å². The average Bonchev–Trinajstić information content (AvgIpc) is 3.27. The van der Waals surface area contributed by atoms with Gasteiger partial charge in [0.2, 0.25) is 0 Å². The lowest BCUT2D eigenvalue weighted by atomic mass is 10.0. The van der Waals surface area contributed by atoms with Crippen molar-refractivity contribution in [3.05, 3.63) is 30.1 Å². The van der Waals surface area contributed by atoms with Gasteiger partial charge in [-0.3, -0.25) is 9.88 Å². The molecule has 0 N–H and O–H groups in total. The van der Waals surface area contributed by atoms with E-state index in [-0.39, 0.29) is 0 Å². The fraction of sp³-hybridized carbons (Fsp3) is 0.722. The minimum atomic E-state index is 0.390. The molecular formula is C18H26N2O2. The van der Waals surface area contributed by atoms with Crippen LogP contribution in [-0.4, -0.2) is 48.3 Å². The van der Waals surface area contributed by atoms with Crippen LogP contribution in [0.15, 0.2) is 24.5 Å². The van der Waals surface area contributed by atoms with E-state index in [0.29, 0.717) is 24.7 Å². The van der Waals surface area contributed by atoms with Gasteiger partial charge in [0.05, 0.1) is 25.9 Å². The summed E-state index contributed by atoms with van der Waals surface area (Å²) in [4.78, 5) is 6.83. The Kier molecular flexibility index (Phi) is 4.42. The number of rotatable bonds is 6. The molecule has 4 rings (SSSR count). The van der Waals surface area contributed by atoms with Crippen LogP contribution in [-0.2, 0) is 16.1 Å². The molecule has 4 heteroatoms. The van der Waals surface area contributed by atoms with Crippen LogP contribution in [0.2, 0.25) is 0 Å². The Morgan fingerprint density at radius 2 is 2.23 bits per heavy atom. The summed E-state index contributed by atoms with van der Waals surface area (Å²) in [6.45, 7) is 4.79. The fourth-order valence-electron chi connectivity index (χ4n) is 3.99. The smallest absolute Gasteiger partial charge is 0.0780 e. The number of aromatic nitrogens is 1. The zero-order valence-electron chi connectivity index (χ0n) is 13.2. The van der Waals surface area contributed by atoms with Crippen molar-refractivity contribution in [2.45, 2.75) is 44.4 Å². The molecule has 3 fully saturated rings. The lowest BCUT2D eigenvalue weighted by molar-refractivity contribution is -0.0876. The van der Waals surface area contributed by atoms with Crippen molar-refractivity contribution < 1.29 is 9.47 Å². The summed E-state index contributed by atoms with van der Waals surface area (Å²) in [6.07, 6.45) is 9.46. The van der Waals surface area contributed by atoms with Gasteiger partial charge >= 0.3 is 0 Å². The highest BCUT2D eigenvalue weighted by atomic mass is 16.5. The van der Waals surface area contributed by atoms with Gasteiger partial charge in [-0.25, -0.2) is 0 Å². The van der Waals surface area contributed by atoms with Crippen molar-refractivity contribution in [2.75, 3.05) is 26.3 Å². The van der Waals surface area contributed by atoms with E-state index in [2.05, 4.69) is 16.0 Å². The molecule has 0 amide bonds. The highest BCUT2D eigenvalue weighted by Crippen LogP contribution is 2.38. The second kappa shape index (κ2) is 6.65. The SMILES string of the molecule is c1cncc(COCC2CCC3C2OCCN3CC2CC2)c1. The van der Waals surface area contributed by atoms with Crippen LogP contribution < -0.4 is 0 Å². The minimum absolute atomic E-state index is 0.390. The first kappa shape index (κ1) is 14.6. The number of pyridine rings is 1. The van der Waals surface area contributed by atoms with E-state index in [0.717, 1.165) is 31.2 Å². The molecule has 1 aromatic rings. The molecule has 0 radical (unpaired) electrons. The number of hydrogen-bond donors (Lipinski definition) is 0. The Hall–Kier alpha value is -0.970. The lowest BCUT2D eigenvalue weighted by Gasteiger charge is -2.39. The van der Waals surface area contributed by atoms with Crippen molar-refractivity contribution in [1.82, 2.24) is 9.88 Å². The van der Waals surface area contributed by atoms with Crippen LogP contribution >= 0.6 is 0 Å². The summed E-state index contributed by atoms with van der Waals surface area (Å²) >= 11 is 0. The van der Waals surface area contributed by atoms with Crippen LogP contribution in [0.1, 0.15) is 31.2 Å². The molecule has 2 aliphatic carbocycles. The van der Waals surface area contributed by atoms with Crippen molar-refractivity contribution in [3.63, 3.8) is 0 Å². The maximum atomic E-state index is 6.12. The van der Waals surface area contributed by atoms with E-state index < -0.39 is 0 Å². The van der Waals surface area contributed by atoms with E-state index in [1.54, 1.807) is 6.20 Å². The largest absolute Gasteiger partial charge is 0.376 e. The Morgan fingerprint density at radius 3 is 3.05 bits per heavy atom. The summed E-state index contributed by atoms with van der Waals surface area (Å²) in [7, 11) is 0. The van der Waals surface area contributed by atoms with Crippen molar-refractivity contribution in [2.24, 2.45) is 11.8 Å². The maximum Gasteiger partial charge on any atom is 0.0780 e. The summed E-state index contributed by atoms with van der Waals surface area (Å²) < 4.78 is 12.1. The van der Waals surface area contributed by atoms with Crippen molar-refractivity contribution in [1.29, 1.82) is 0 Å². The van der Waals surface area contributed by atoms with E-state index >= 15 is 0 Å². The third kappa shape index (κ3) is 3.34. The second-order valence-electron chi connectivity index (χ2n) is 7.05. The molecule has 3 unspecified atom stereocenters. The van der Waals surface area contributed by atoms with Crippen LogP contribution in [0, 0.1) is 11.8 Å². The highest BCUT2D eigenvalue weighted by molar-refractivity contribution is 5.06. The number of morpholine rings is 1. The maximum absolute atomic E-state index is 6.12. The number of fused-ring (bicyclic) bond motifs is 1. The molecule has 0 aromatic carbocycles. The third-order valence-electron chi connectivity index (χ3n) is 5.35. The molecule has 2 saturated carbocycles. The van der Waals surface area contributed by atoms with Crippen molar-refractivity contribution >= 4 is 0 Å². The third-order valence-corrected chi connectivity index (χ3v) is 5.35. The number of hydrogen-bond acceptors (Lipinski definition) is 4. The molecule has 1 saturated heterocycles. The summed E-state index contributed by atoms with van der Waals surface area (Å²) in [5.74, 6) is 1.53. The van der Waals surface area contributed by atoms with Crippen LogP contribution in [0.5, 0.6) is 0 Å². The Bertz CT molecular complexity index is 477. The van der Waals surface area contributed by atoms with Crippen LogP contribution in [0.25, 0.3) is 0 Å². The predicted molar refractivity (Wildman–Crippen MR) is 84.4 cm³/mol. The minimum Gasteiger partial charge on any atom is -0.376 e. The summed E-state index contributed by atoms with van der Waals surface area (Å²) in [5.41, 5.74) is 1.15. The summed E-state index contributed by atoms with van der Waals surface area (Å²) in [5, 5.41) is 0. The van der Waals surface area contributed by atoms with Crippen molar-refractivity contribution in [3.8, 4) is 0 Å². The molecule has 1 aromatic heterocycles. The molecule has 22 heavy (non-hydrogen) atoms. The molecule has 0 spiro atoms. The highest BCUT2D eigenvalue weighted by Gasteiger charge is 2.43. The van der Waals surface area contributed by atoms with Gasteiger partial charge in [0, 0.05) is 37.4 Å². The number of ether oxygens (including phenoxy) is 2. The zero-order chi connectivity index (χ0) is 14.8. The Balaban J connectivity index is 1.28. The predicted octanol–water partition coefficient (Wildman–Crippen LogP) is 2.49. The van der Waals surface area contributed by atoms with Crippen LogP contribution in [0.3, 0.4) is 0 Å². The van der Waals surface area contributed by atoms with Crippen LogP contribution in [0.4, 0.5) is 0 Å². The van der Waals surface area contributed by atoms with Gasteiger partial charge in [0.15, 0.2) is 0 Å². The van der Waals surface area contributed by atoms with Gasteiger partial charge in [-0.2, -0.15) is 0 Å². The average molecular weight is 302 g/mol. The first-order chi connectivity index (χ1) is 10.9. The van der Waals surface area contributed by atoms with Gasteiger partial charge in [0.1, 0.15) is 0 Å². The fourth-order valence-corrected chi connectivity index (χ4v) is 3.99. The Morgan fingerprint density at radius 1 is 1.27 bits per heavy atom. The Labute approximate surface area is 132 Å². The first-order valence-electron chi connectivity index (χ1n) is 8.72. The van der Waals surface area contributed by atoms with Gasteiger partial charge in [-0.1, -0.05) is 6.07 Å². The van der Waals surface area contributed by atoms with Gasteiger partial charge in [0.25, 0.3) is 0 Å². The molecular weight excluding hydrogens is 276 g/mol. The van der Waals surface area contributed by atoms with Gasteiger partial charge < -0.3 is 9.47 Å². The molecule has 4 nitrogen and oxygen atoms in total. The monoisotopic (exact) mass is 302 g/mol. The standard InChI is InChI=1S/C18H26N2O2/c1-2-15(10-19-7-1)12-21-13-16-5-6-17-18(16)22-9-8-20(17)11-14-3-4-14/h1-2,7,10,14,16-18H,3-6,8-9,11-13H2. The zero-order valence-corrected chi connectivity index (χ0v) is 13.2. The van der Waals surface area contributed by atoms with E-state index in [1.165, 1.54) is 32.2 Å². The normalized spacial score (nSPS) is 32.1. The molecule has 2 heterocycles. The second-order valence-corrected chi connectivity index (χ2v) is 7.05. The van der Waals surface area contributed by atoms with E-state index in [1.807, 2.05) is 12.3 Å². The quantitative estimate of drug-likeness (QED) is 0.808. The molecule has 0 bridgehead atoms. The van der Waals surface area contributed by atoms with E-state index in [9.17, 15) is 0 Å². The molecule has 3 aliphatic rings. The molecule has 120 valence electrons. The topological polar surface area (TPSA) is 34.6 Å². The first-order valence-corrected chi connectivity index (χ1v) is 8.72. The molecule has 1 aliphatic heterocycles. The summed E-state index contributed by atoms with van der Waals surface area (Å²) in [6, 6.07) is 4.67.